The average Bonchev–Trinajstić information content (AvgIpc) is 2.70. The Kier molecular flexibility index (Phi) is 4.74. The van der Waals surface area contributed by atoms with Crippen LogP contribution in [0.4, 0.5) is 0 Å². The van der Waals surface area contributed by atoms with Gasteiger partial charge in [-0.05, 0) is 31.6 Å². The van der Waals surface area contributed by atoms with Gasteiger partial charge in [-0.3, -0.25) is 19.3 Å². The SMILES string of the molecule is C[C@@H]1c2cccc(O)c2C(O)=C2C(=O)[C@]3(O)C(O)=C(C(N)=O)C(=O)[C@H](N(C)C)[C@@H]3[C@@H](O)[C@@H]21. The number of aromatic hydroxyl groups is 1. The van der Waals surface area contributed by atoms with Crippen LogP contribution in [-0.2, 0) is 14.4 Å². The zero-order valence-corrected chi connectivity index (χ0v) is 17.6. The van der Waals surface area contributed by atoms with Crippen LogP contribution in [0.25, 0.3) is 5.76 Å². The lowest BCUT2D eigenvalue weighted by Gasteiger charge is -2.53. The van der Waals surface area contributed by atoms with Gasteiger partial charge in [0.2, 0.25) is 5.78 Å². The maximum atomic E-state index is 13.7. The van der Waals surface area contributed by atoms with Crippen molar-refractivity contribution in [3.8, 4) is 5.75 Å². The maximum Gasteiger partial charge on any atom is 0.255 e. The lowest BCUT2D eigenvalue weighted by atomic mass is 9.54. The second-order valence-electron chi connectivity index (χ2n) is 8.79. The molecule has 0 aliphatic heterocycles. The van der Waals surface area contributed by atoms with Gasteiger partial charge in [0, 0.05) is 11.5 Å². The molecule has 0 saturated heterocycles. The fourth-order valence-electron chi connectivity index (χ4n) is 5.58. The quantitative estimate of drug-likeness (QED) is 0.327. The Morgan fingerprint density at radius 1 is 1.16 bits per heavy atom. The first-order valence-corrected chi connectivity index (χ1v) is 10.0. The Bertz CT molecular complexity index is 1140. The van der Waals surface area contributed by atoms with Crippen LogP contribution in [0.15, 0.2) is 35.1 Å². The van der Waals surface area contributed by atoms with Crippen LogP contribution in [0.5, 0.6) is 5.75 Å². The van der Waals surface area contributed by atoms with E-state index in [9.17, 15) is 39.9 Å². The van der Waals surface area contributed by atoms with E-state index in [1.54, 1.807) is 19.1 Å². The van der Waals surface area contributed by atoms with Gasteiger partial charge in [0.25, 0.3) is 5.91 Å². The van der Waals surface area contributed by atoms with E-state index in [1.165, 1.54) is 25.1 Å². The molecule has 4 rings (SSSR count). The third-order valence-electron chi connectivity index (χ3n) is 6.99. The fourth-order valence-corrected chi connectivity index (χ4v) is 5.58. The maximum absolute atomic E-state index is 13.7. The van der Waals surface area contributed by atoms with Gasteiger partial charge in [-0.15, -0.1) is 0 Å². The number of rotatable bonds is 2. The third-order valence-corrected chi connectivity index (χ3v) is 6.99. The van der Waals surface area contributed by atoms with Gasteiger partial charge in [0.1, 0.15) is 22.8 Å². The number of hydrogen-bond acceptors (Lipinski definition) is 9. The number of nitrogens with two attached hydrogens (primary N) is 1. The molecule has 1 aromatic rings. The van der Waals surface area contributed by atoms with Crippen LogP contribution >= 0.6 is 0 Å². The van der Waals surface area contributed by atoms with Crippen LogP contribution in [0.1, 0.15) is 24.0 Å². The van der Waals surface area contributed by atoms with E-state index in [-0.39, 0.29) is 11.3 Å². The number of ketones is 2. The number of carbonyl (C=O) groups is 3. The number of phenolic OH excluding ortho intramolecular Hbond substituents is 1. The molecule has 0 bridgehead atoms. The van der Waals surface area contributed by atoms with Gasteiger partial charge in [0.05, 0.1) is 23.6 Å². The average molecular weight is 444 g/mol. The lowest BCUT2D eigenvalue weighted by molar-refractivity contribution is -0.169. The third kappa shape index (κ3) is 2.48. The number of hydrogen-bond donors (Lipinski definition) is 6. The highest BCUT2D eigenvalue weighted by Crippen LogP contribution is 2.55. The topological polar surface area (TPSA) is 182 Å². The van der Waals surface area contributed by atoms with Crippen molar-refractivity contribution in [1.82, 2.24) is 4.90 Å². The van der Waals surface area contributed by atoms with Gasteiger partial charge in [0.15, 0.2) is 11.4 Å². The molecule has 7 N–H and O–H groups in total. The molecule has 1 fully saturated rings. The smallest absolute Gasteiger partial charge is 0.255 e. The number of aliphatic hydroxyl groups excluding tert-OH is 3. The van der Waals surface area contributed by atoms with Crippen molar-refractivity contribution in [2.24, 2.45) is 17.6 Å². The molecule has 10 nitrogen and oxygen atoms in total. The Morgan fingerprint density at radius 2 is 1.78 bits per heavy atom. The Balaban J connectivity index is 2.07. The van der Waals surface area contributed by atoms with Crippen LogP contribution in [-0.4, -0.2) is 79.7 Å². The number of Topliss-reactive ketones (excluding diaryl/α,β-unsaturated/α-hetero) is 2. The molecule has 1 aromatic carbocycles. The van der Waals surface area contributed by atoms with Crippen molar-refractivity contribution in [3.05, 3.63) is 46.2 Å². The highest BCUT2D eigenvalue weighted by atomic mass is 16.4. The fraction of sp³-hybridized carbons (Fsp3) is 0.409. The Labute approximate surface area is 182 Å². The second kappa shape index (κ2) is 6.89. The van der Waals surface area contributed by atoms with Gasteiger partial charge >= 0.3 is 0 Å². The number of likely N-dealkylation sites (N-methyl/N-ethyl adjacent to an activating group) is 1. The van der Waals surface area contributed by atoms with Gasteiger partial charge < -0.3 is 31.3 Å². The molecule has 0 heterocycles. The summed E-state index contributed by atoms with van der Waals surface area (Å²) in [5.41, 5.74) is 1.47. The zero-order valence-electron chi connectivity index (χ0n) is 17.6. The van der Waals surface area contributed by atoms with Crippen LogP contribution in [0.3, 0.4) is 0 Å². The summed E-state index contributed by atoms with van der Waals surface area (Å²) < 4.78 is 0. The molecule has 3 aliphatic carbocycles. The monoisotopic (exact) mass is 444 g/mol. The summed E-state index contributed by atoms with van der Waals surface area (Å²) in [7, 11) is 2.92. The summed E-state index contributed by atoms with van der Waals surface area (Å²) in [5, 5.41) is 54.9. The summed E-state index contributed by atoms with van der Waals surface area (Å²) in [6.07, 6.45) is -1.59. The number of benzene rings is 1. The normalized spacial score (nSPS) is 34.4. The van der Waals surface area contributed by atoms with Gasteiger partial charge in [-0.2, -0.15) is 0 Å². The molecule has 0 radical (unpaired) electrons. The molecule has 0 spiro atoms. The van der Waals surface area contributed by atoms with E-state index in [4.69, 9.17) is 5.73 Å². The summed E-state index contributed by atoms with van der Waals surface area (Å²) in [5.74, 6) is -8.87. The number of aliphatic hydroxyl groups is 4. The molecule has 170 valence electrons. The number of primary amides is 1. The largest absolute Gasteiger partial charge is 0.508 e. The first-order valence-electron chi connectivity index (χ1n) is 10.0. The first kappa shape index (κ1) is 22.0. The highest BCUT2D eigenvalue weighted by molar-refractivity contribution is 6.24. The van der Waals surface area contributed by atoms with Gasteiger partial charge in [-0.1, -0.05) is 19.1 Å². The minimum atomic E-state index is -2.89. The van der Waals surface area contributed by atoms with Crippen molar-refractivity contribution in [1.29, 1.82) is 0 Å². The summed E-state index contributed by atoms with van der Waals surface area (Å²) >= 11 is 0. The number of carbonyl (C=O) groups excluding carboxylic acids is 3. The van der Waals surface area contributed by atoms with E-state index in [0.717, 1.165) is 0 Å². The molecule has 1 amide bonds. The van der Waals surface area contributed by atoms with E-state index >= 15 is 0 Å². The molecule has 32 heavy (non-hydrogen) atoms. The lowest BCUT2D eigenvalue weighted by Crippen LogP contribution is -2.70. The molecule has 10 heteroatoms. The molecular weight excluding hydrogens is 420 g/mol. The number of amides is 1. The van der Waals surface area contributed by atoms with Crippen molar-refractivity contribution in [2.45, 2.75) is 30.6 Å². The van der Waals surface area contributed by atoms with Crippen LogP contribution in [0.2, 0.25) is 0 Å². The minimum absolute atomic E-state index is 0.0245. The zero-order chi connectivity index (χ0) is 23.9. The van der Waals surface area contributed by atoms with Crippen molar-refractivity contribution < 1.29 is 39.9 Å². The standard InChI is InChI=1S/C22H24N2O8/c1-7-8-5-4-6-9(25)11(8)16(26)12-10(7)17(27)14-15(24(2)3)18(28)13(21(23)31)20(30)22(14,32)19(12)29/h4-7,10,14-15,17,25-27,30,32H,1-3H3,(H2,23,31)/t7-,10-,14-,15-,17+,22+/m1/s1. The first-order chi connectivity index (χ1) is 14.9. The number of nitrogens with zero attached hydrogens (tertiary/aromatic N) is 1. The van der Waals surface area contributed by atoms with E-state index in [0.29, 0.717) is 5.56 Å². The van der Waals surface area contributed by atoms with Crippen molar-refractivity contribution in [2.75, 3.05) is 14.1 Å². The molecular formula is C22H24N2O8. The molecule has 0 aromatic heterocycles. The predicted octanol–water partition coefficient (Wildman–Crippen LogP) is -0.504. The Morgan fingerprint density at radius 3 is 2.34 bits per heavy atom. The second-order valence-corrected chi connectivity index (χ2v) is 8.79. The molecule has 0 unspecified atom stereocenters. The van der Waals surface area contributed by atoms with Crippen LogP contribution in [0, 0.1) is 11.8 Å². The van der Waals surface area contributed by atoms with Gasteiger partial charge in [-0.25, -0.2) is 0 Å². The summed E-state index contributed by atoms with van der Waals surface area (Å²) in [6.45, 7) is 1.68. The van der Waals surface area contributed by atoms with Crippen LogP contribution < -0.4 is 5.73 Å². The van der Waals surface area contributed by atoms with Crippen molar-refractivity contribution >= 4 is 23.2 Å². The number of phenols is 1. The highest BCUT2D eigenvalue weighted by Gasteiger charge is 2.68. The molecule has 3 aliphatic rings. The Hall–Kier alpha value is -3.21. The summed E-state index contributed by atoms with van der Waals surface area (Å²) in [4.78, 5) is 40.0. The van der Waals surface area contributed by atoms with E-state index < -0.39 is 75.6 Å². The van der Waals surface area contributed by atoms with E-state index in [1.807, 2.05) is 0 Å². The summed E-state index contributed by atoms with van der Waals surface area (Å²) in [6, 6.07) is 3.13. The van der Waals surface area contributed by atoms with Crippen molar-refractivity contribution in [3.63, 3.8) is 0 Å². The predicted molar refractivity (Wildman–Crippen MR) is 110 cm³/mol. The molecule has 6 atom stereocenters. The number of fused-ring (bicyclic) bond motifs is 3. The van der Waals surface area contributed by atoms with E-state index in [2.05, 4.69) is 0 Å². The molecule has 1 saturated carbocycles. The minimum Gasteiger partial charge on any atom is -0.508 e.